The van der Waals surface area contributed by atoms with E-state index in [1.54, 1.807) is 0 Å². The van der Waals surface area contributed by atoms with Gasteiger partial charge < -0.3 is 4.48 Å². The molecule has 0 fully saturated rings. The van der Waals surface area contributed by atoms with Crippen LogP contribution < -0.4 is 0 Å². The van der Waals surface area contributed by atoms with Gasteiger partial charge in [0.15, 0.2) is 0 Å². The summed E-state index contributed by atoms with van der Waals surface area (Å²) < 4.78 is 1.28. The van der Waals surface area contributed by atoms with Crippen molar-refractivity contribution >= 4 is 0 Å². The first-order chi connectivity index (χ1) is 4.24. The Morgan fingerprint density at radius 3 is 0.900 bits per heavy atom. The molecule has 0 heterocycles. The number of hydrogen-bond donors (Lipinski definition) is 0. The van der Waals surface area contributed by atoms with Crippen LogP contribution in [0.15, 0.2) is 0 Å². The first-order valence-corrected chi connectivity index (χ1v) is 4.09. The van der Waals surface area contributed by atoms with Crippen LogP contribution >= 0.6 is 0 Å². The number of quaternary nitrogens is 1. The fourth-order valence-electron chi connectivity index (χ4n) is 1.34. The molecule has 0 aromatic rings. The van der Waals surface area contributed by atoms with E-state index >= 15 is 0 Å². The Morgan fingerprint density at radius 1 is 0.700 bits per heavy atom. The van der Waals surface area contributed by atoms with Gasteiger partial charge in [-0.3, -0.25) is 0 Å². The molecule has 0 amide bonds. The smallest absolute Gasteiger partial charge is 0.325 e. The van der Waals surface area contributed by atoms with Crippen LogP contribution in [-0.2, 0) is 17.4 Å². The Hall–Kier alpha value is 0.492. The van der Waals surface area contributed by atoms with Gasteiger partial charge in [0.05, 0.1) is 26.2 Å². The zero-order valence-corrected chi connectivity index (χ0v) is 8.96. The summed E-state index contributed by atoms with van der Waals surface area (Å²) in [5, 5.41) is 0. The van der Waals surface area contributed by atoms with Gasteiger partial charge >= 0.3 is 17.4 Å². The van der Waals surface area contributed by atoms with Crippen LogP contribution in [0.5, 0.6) is 0 Å². The van der Waals surface area contributed by atoms with Crippen LogP contribution in [0.25, 0.3) is 0 Å². The summed E-state index contributed by atoms with van der Waals surface area (Å²) in [5.74, 6) is 0. The maximum Gasteiger partial charge on any atom is 3.00 e. The summed E-state index contributed by atoms with van der Waals surface area (Å²) >= 11 is 0. The molecular weight excluding hydrogens is 162 g/mol. The van der Waals surface area contributed by atoms with Crippen molar-refractivity contribution in [3.05, 3.63) is 0 Å². The molecular formula is C8H20CrN+4. The van der Waals surface area contributed by atoms with Crippen molar-refractivity contribution in [3.63, 3.8) is 0 Å². The average Bonchev–Trinajstić information content (AvgIpc) is 1.95. The molecule has 59 valence electrons. The van der Waals surface area contributed by atoms with Crippen LogP contribution in [-0.4, -0.2) is 30.7 Å². The van der Waals surface area contributed by atoms with Gasteiger partial charge in [-0.25, -0.2) is 0 Å². The first kappa shape index (κ1) is 13.1. The van der Waals surface area contributed by atoms with E-state index in [0.717, 1.165) is 0 Å². The van der Waals surface area contributed by atoms with E-state index in [9.17, 15) is 0 Å². The van der Waals surface area contributed by atoms with E-state index in [2.05, 4.69) is 27.7 Å². The second-order valence-electron chi connectivity index (χ2n) is 2.61. The van der Waals surface area contributed by atoms with Gasteiger partial charge in [-0.2, -0.15) is 0 Å². The summed E-state index contributed by atoms with van der Waals surface area (Å²) in [6.45, 7) is 14.2. The average molecular weight is 182 g/mol. The molecule has 0 N–H and O–H groups in total. The standard InChI is InChI=1S/C8H20N.Cr/c1-5-9(6-2,7-3)8-4;/h5-8H2,1-4H3;/q+1;+3. The minimum absolute atomic E-state index is 0. The summed E-state index contributed by atoms with van der Waals surface area (Å²) in [6.07, 6.45) is 0. The van der Waals surface area contributed by atoms with Crippen molar-refractivity contribution < 1.29 is 21.8 Å². The Kier molecular flexibility index (Phi) is 8.15. The van der Waals surface area contributed by atoms with Crippen molar-refractivity contribution in [2.24, 2.45) is 0 Å². The third-order valence-electron chi connectivity index (χ3n) is 2.68. The predicted molar refractivity (Wildman–Crippen MR) is 42.4 cm³/mol. The van der Waals surface area contributed by atoms with E-state index in [4.69, 9.17) is 0 Å². The largest absolute Gasteiger partial charge is 3.00 e. The molecule has 1 radical (unpaired) electrons. The summed E-state index contributed by atoms with van der Waals surface area (Å²) in [7, 11) is 0. The Bertz CT molecular complexity index is 52.1. The van der Waals surface area contributed by atoms with Crippen LogP contribution in [0.4, 0.5) is 0 Å². The van der Waals surface area contributed by atoms with Gasteiger partial charge in [0.2, 0.25) is 0 Å². The molecule has 0 aliphatic rings. The Labute approximate surface area is 76.1 Å². The topological polar surface area (TPSA) is 0 Å². The SMILES string of the molecule is CC[N+](CC)(CC)CC.[Cr+3]. The van der Waals surface area contributed by atoms with Crippen molar-refractivity contribution in [1.29, 1.82) is 0 Å². The van der Waals surface area contributed by atoms with Gasteiger partial charge in [-0.05, 0) is 27.7 Å². The third kappa shape index (κ3) is 3.05. The zero-order valence-electron chi connectivity index (χ0n) is 7.68. The Balaban J connectivity index is 0. The molecule has 0 aliphatic heterocycles. The van der Waals surface area contributed by atoms with E-state index in [-0.39, 0.29) is 17.4 Å². The zero-order chi connectivity index (χ0) is 7.33. The minimum atomic E-state index is 0. The fourth-order valence-corrected chi connectivity index (χ4v) is 1.34. The normalized spacial score (nSPS) is 10.8. The van der Waals surface area contributed by atoms with E-state index < -0.39 is 0 Å². The van der Waals surface area contributed by atoms with Gasteiger partial charge in [0, 0.05) is 0 Å². The maximum absolute atomic E-state index is 2.27. The Morgan fingerprint density at radius 2 is 0.900 bits per heavy atom. The van der Waals surface area contributed by atoms with Crippen LogP contribution in [0.1, 0.15) is 27.7 Å². The molecule has 0 saturated carbocycles. The number of nitrogens with zero attached hydrogens (tertiary/aromatic N) is 1. The molecule has 0 rings (SSSR count). The summed E-state index contributed by atoms with van der Waals surface area (Å²) in [4.78, 5) is 0. The molecule has 0 spiro atoms. The van der Waals surface area contributed by atoms with Crippen molar-refractivity contribution in [2.45, 2.75) is 27.7 Å². The van der Waals surface area contributed by atoms with Gasteiger partial charge in [0.25, 0.3) is 0 Å². The monoisotopic (exact) mass is 182 g/mol. The van der Waals surface area contributed by atoms with E-state index in [1.807, 2.05) is 0 Å². The van der Waals surface area contributed by atoms with Crippen LogP contribution in [0.2, 0.25) is 0 Å². The second kappa shape index (κ2) is 6.22. The predicted octanol–water partition coefficient (Wildman–Crippen LogP) is 1.88. The van der Waals surface area contributed by atoms with Crippen LogP contribution in [0.3, 0.4) is 0 Å². The van der Waals surface area contributed by atoms with E-state index in [0.29, 0.717) is 0 Å². The summed E-state index contributed by atoms with van der Waals surface area (Å²) in [5.41, 5.74) is 0. The molecule has 0 bridgehead atoms. The molecule has 0 aromatic carbocycles. The number of hydrogen-bond acceptors (Lipinski definition) is 0. The second-order valence-corrected chi connectivity index (χ2v) is 2.61. The first-order valence-electron chi connectivity index (χ1n) is 4.09. The summed E-state index contributed by atoms with van der Waals surface area (Å²) in [6, 6.07) is 0. The van der Waals surface area contributed by atoms with Crippen LogP contribution in [0, 0.1) is 0 Å². The van der Waals surface area contributed by atoms with E-state index in [1.165, 1.54) is 30.7 Å². The molecule has 0 atom stereocenters. The number of rotatable bonds is 4. The van der Waals surface area contributed by atoms with Gasteiger partial charge in [-0.1, -0.05) is 0 Å². The quantitative estimate of drug-likeness (QED) is 0.582. The molecule has 0 unspecified atom stereocenters. The van der Waals surface area contributed by atoms with Gasteiger partial charge in [0.1, 0.15) is 0 Å². The maximum atomic E-state index is 2.27. The molecule has 10 heavy (non-hydrogen) atoms. The minimum Gasteiger partial charge on any atom is -0.325 e. The fraction of sp³-hybridized carbons (Fsp3) is 1.00. The van der Waals surface area contributed by atoms with Gasteiger partial charge in [-0.15, -0.1) is 0 Å². The molecule has 0 aromatic heterocycles. The van der Waals surface area contributed by atoms with Crippen molar-refractivity contribution in [2.75, 3.05) is 26.2 Å². The molecule has 1 nitrogen and oxygen atoms in total. The third-order valence-corrected chi connectivity index (χ3v) is 2.68. The van der Waals surface area contributed by atoms with Crippen molar-refractivity contribution in [1.82, 2.24) is 0 Å². The molecule has 2 heteroatoms. The molecule has 0 aliphatic carbocycles. The molecule has 0 saturated heterocycles. The van der Waals surface area contributed by atoms with Crippen molar-refractivity contribution in [3.8, 4) is 0 Å².